The monoisotopic (exact) mass is 303 g/mol. The number of piperidine rings is 1. The van der Waals surface area contributed by atoms with Gasteiger partial charge in [0.2, 0.25) is 0 Å². The van der Waals surface area contributed by atoms with Gasteiger partial charge in [0.1, 0.15) is 11.9 Å². The van der Waals surface area contributed by atoms with Crippen LogP contribution < -0.4 is 0 Å². The minimum absolute atomic E-state index is 0.246. The third-order valence-electron chi connectivity index (χ3n) is 4.53. The Balaban J connectivity index is 1.62. The zero-order valence-corrected chi connectivity index (χ0v) is 13.4. The minimum atomic E-state index is -0.485. The predicted molar refractivity (Wildman–Crippen MR) is 84.1 cm³/mol. The lowest BCUT2D eigenvalue weighted by molar-refractivity contribution is 0.0405. The summed E-state index contributed by atoms with van der Waals surface area (Å²) in [6.07, 6.45) is 9.38. The highest BCUT2D eigenvalue weighted by Gasteiger charge is 2.29. The molecule has 2 aromatic heterocycles. The predicted octanol–water partition coefficient (Wildman–Crippen LogP) is 1.58. The van der Waals surface area contributed by atoms with Crippen LogP contribution in [0.15, 0.2) is 24.8 Å². The summed E-state index contributed by atoms with van der Waals surface area (Å²) in [7, 11) is 1.94. The molecule has 120 valence electrons. The molecule has 2 aromatic rings. The van der Waals surface area contributed by atoms with E-state index in [4.69, 9.17) is 0 Å². The van der Waals surface area contributed by atoms with Crippen LogP contribution in [0.2, 0.25) is 0 Å². The molecule has 1 aliphatic heterocycles. The molecule has 0 saturated carbocycles. The first-order valence-electron chi connectivity index (χ1n) is 8.06. The maximum atomic E-state index is 10.6. The Hall–Kier alpha value is -1.66. The number of imidazole rings is 1. The number of likely N-dealkylation sites (tertiary alicyclic amines) is 1. The molecule has 0 radical (unpaired) electrons. The normalized spacial score (nSPS) is 21.1. The summed E-state index contributed by atoms with van der Waals surface area (Å²) in [5.74, 6) is 1.02. The third kappa shape index (κ3) is 3.23. The van der Waals surface area contributed by atoms with Gasteiger partial charge in [0.15, 0.2) is 0 Å². The second-order valence-corrected chi connectivity index (χ2v) is 6.18. The van der Waals surface area contributed by atoms with E-state index in [-0.39, 0.29) is 5.92 Å². The maximum absolute atomic E-state index is 10.6. The van der Waals surface area contributed by atoms with Crippen LogP contribution in [0.3, 0.4) is 0 Å². The van der Waals surface area contributed by atoms with E-state index >= 15 is 0 Å². The SMILES string of the molecule is CCn1cc(CN2CCCC(C(O)c3nccn3C)C2)cn1. The van der Waals surface area contributed by atoms with E-state index in [9.17, 15) is 5.11 Å². The van der Waals surface area contributed by atoms with E-state index in [1.807, 2.05) is 28.7 Å². The highest BCUT2D eigenvalue weighted by atomic mass is 16.3. The molecule has 1 fully saturated rings. The Morgan fingerprint density at radius 3 is 3.00 bits per heavy atom. The molecule has 2 atom stereocenters. The van der Waals surface area contributed by atoms with E-state index in [1.54, 1.807) is 6.20 Å². The second-order valence-electron chi connectivity index (χ2n) is 6.18. The lowest BCUT2D eigenvalue weighted by Gasteiger charge is -2.34. The summed E-state index contributed by atoms with van der Waals surface area (Å²) in [4.78, 5) is 6.71. The number of aromatic nitrogens is 4. The van der Waals surface area contributed by atoms with E-state index in [1.165, 1.54) is 5.56 Å². The van der Waals surface area contributed by atoms with Gasteiger partial charge in [-0.3, -0.25) is 9.58 Å². The Kier molecular flexibility index (Phi) is 4.59. The van der Waals surface area contributed by atoms with Crippen molar-refractivity contribution in [2.45, 2.75) is 39.0 Å². The van der Waals surface area contributed by atoms with Crippen molar-refractivity contribution in [1.82, 2.24) is 24.2 Å². The van der Waals surface area contributed by atoms with Gasteiger partial charge in [-0.15, -0.1) is 0 Å². The summed E-state index contributed by atoms with van der Waals surface area (Å²) in [5.41, 5.74) is 1.24. The number of hydrogen-bond acceptors (Lipinski definition) is 4. The molecular formula is C16H25N5O. The fraction of sp³-hybridized carbons (Fsp3) is 0.625. The largest absolute Gasteiger partial charge is 0.385 e. The van der Waals surface area contributed by atoms with E-state index in [0.29, 0.717) is 0 Å². The fourth-order valence-corrected chi connectivity index (χ4v) is 3.28. The van der Waals surface area contributed by atoms with E-state index in [0.717, 1.165) is 44.8 Å². The molecular weight excluding hydrogens is 278 g/mol. The molecule has 2 unspecified atom stereocenters. The molecule has 0 amide bonds. The molecule has 1 saturated heterocycles. The number of hydrogen-bond donors (Lipinski definition) is 1. The molecule has 0 aromatic carbocycles. The van der Waals surface area contributed by atoms with Crippen LogP contribution >= 0.6 is 0 Å². The molecule has 6 heteroatoms. The number of aryl methyl sites for hydroxylation is 2. The molecule has 3 heterocycles. The summed E-state index contributed by atoms with van der Waals surface area (Å²) in [6.45, 7) is 5.90. The Labute approximate surface area is 131 Å². The summed E-state index contributed by atoms with van der Waals surface area (Å²) >= 11 is 0. The molecule has 22 heavy (non-hydrogen) atoms. The zero-order valence-electron chi connectivity index (χ0n) is 13.4. The fourth-order valence-electron chi connectivity index (χ4n) is 3.28. The quantitative estimate of drug-likeness (QED) is 0.911. The van der Waals surface area contributed by atoms with Gasteiger partial charge in [0, 0.05) is 56.8 Å². The van der Waals surface area contributed by atoms with E-state index in [2.05, 4.69) is 28.1 Å². The average Bonchev–Trinajstić information content (AvgIpc) is 3.15. The van der Waals surface area contributed by atoms with Gasteiger partial charge in [0.25, 0.3) is 0 Å². The lowest BCUT2D eigenvalue weighted by Crippen LogP contribution is -2.37. The van der Waals surface area contributed by atoms with Gasteiger partial charge in [0.05, 0.1) is 6.20 Å². The van der Waals surface area contributed by atoms with Crippen LogP contribution in [-0.4, -0.2) is 42.4 Å². The molecule has 0 bridgehead atoms. The number of nitrogens with zero attached hydrogens (tertiary/aromatic N) is 5. The standard InChI is InChI=1S/C16H25N5O/c1-3-21-11-13(9-18-21)10-20-7-4-5-14(12-20)15(22)16-17-6-8-19(16)2/h6,8-9,11,14-15,22H,3-5,7,10,12H2,1-2H3. The zero-order chi connectivity index (χ0) is 15.5. The van der Waals surface area contributed by atoms with Crippen molar-refractivity contribution in [1.29, 1.82) is 0 Å². The first kappa shape index (κ1) is 15.2. The smallest absolute Gasteiger partial charge is 0.137 e. The van der Waals surface area contributed by atoms with Crippen LogP contribution in [-0.2, 0) is 20.1 Å². The van der Waals surface area contributed by atoms with Crippen LogP contribution in [0, 0.1) is 5.92 Å². The molecule has 0 aliphatic carbocycles. The molecule has 6 nitrogen and oxygen atoms in total. The Bertz CT molecular complexity index is 605. The van der Waals surface area contributed by atoms with Gasteiger partial charge < -0.3 is 9.67 Å². The van der Waals surface area contributed by atoms with Crippen LogP contribution in [0.25, 0.3) is 0 Å². The van der Waals surface area contributed by atoms with Crippen molar-refractivity contribution in [2.24, 2.45) is 13.0 Å². The van der Waals surface area contributed by atoms with Crippen molar-refractivity contribution >= 4 is 0 Å². The van der Waals surface area contributed by atoms with Crippen molar-refractivity contribution < 1.29 is 5.11 Å². The van der Waals surface area contributed by atoms with Gasteiger partial charge in [-0.05, 0) is 26.3 Å². The molecule has 3 rings (SSSR count). The summed E-state index contributed by atoms with van der Waals surface area (Å²) in [5, 5.41) is 14.9. The first-order chi connectivity index (χ1) is 10.7. The average molecular weight is 303 g/mol. The van der Waals surface area contributed by atoms with Crippen molar-refractivity contribution in [2.75, 3.05) is 13.1 Å². The van der Waals surface area contributed by atoms with Crippen LogP contribution in [0.4, 0.5) is 0 Å². The third-order valence-corrected chi connectivity index (χ3v) is 4.53. The molecule has 0 spiro atoms. The number of aliphatic hydroxyl groups is 1. The van der Waals surface area contributed by atoms with Crippen LogP contribution in [0.1, 0.15) is 37.3 Å². The number of rotatable bonds is 5. The second kappa shape index (κ2) is 6.62. The maximum Gasteiger partial charge on any atom is 0.137 e. The Morgan fingerprint density at radius 1 is 1.45 bits per heavy atom. The number of aliphatic hydroxyl groups excluding tert-OH is 1. The first-order valence-corrected chi connectivity index (χ1v) is 8.06. The lowest BCUT2D eigenvalue weighted by atomic mass is 9.92. The van der Waals surface area contributed by atoms with E-state index < -0.39 is 6.10 Å². The topological polar surface area (TPSA) is 59.1 Å². The van der Waals surface area contributed by atoms with Crippen molar-refractivity contribution in [3.63, 3.8) is 0 Å². The Morgan fingerprint density at radius 2 is 2.32 bits per heavy atom. The summed E-state index contributed by atoms with van der Waals surface area (Å²) < 4.78 is 3.87. The van der Waals surface area contributed by atoms with Crippen LogP contribution in [0.5, 0.6) is 0 Å². The van der Waals surface area contributed by atoms with Gasteiger partial charge in [-0.2, -0.15) is 5.10 Å². The van der Waals surface area contributed by atoms with Crippen molar-refractivity contribution in [3.8, 4) is 0 Å². The minimum Gasteiger partial charge on any atom is -0.385 e. The van der Waals surface area contributed by atoms with Gasteiger partial charge in [-0.1, -0.05) is 0 Å². The highest BCUT2D eigenvalue weighted by Crippen LogP contribution is 2.29. The highest BCUT2D eigenvalue weighted by molar-refractivity contribution is 5.05. The molecule has 1 N–H and O–H groups in total. The molecule has 1 aliphatic rings. The van der Waals surface area contributed by atoms with Gasteiger partial charge >= 0.3 is 0 Å². The summed E-state index contributed by atoms with van der Waals surface area (Å²) in [6, 6.07) is 0. The van der Waals surface area contributed by atoms with Crippen molar-refractivity contribution in [3.05, 3.63) is 36.2 Å². The van der Waals surface area contributed by atoms with Gasteiger partial charge in [-0.25, -0.2) is 4.98 Å².